The van der Waals surface area contributed by atoms with Crippen molar-refractivity contribution >= 4 is 19.3 Å². The Balaban J connectivity index is 2.14. The molecule has 74 valence electrons. The summed E-state index contributed by atoms with van der Waals surface area (Å²) in [5.74, 6) is -2.19. The molecule has 0 spiro atoms. The van der Waals surface area contributed by atoms with Gasteiger partial charge < -0.3 is 4.90 Å². The molecule has 0 amide bonds. The molecule has 1 saturated heterocycles. The van der Waals surface area contributed by atoms with E-state index in [1.54, 1.807) is 12.4 Å². The van der Waals surface area contributed by atoms with Crippen LogP contribution in [0.2, 0.25) is 0 Å². The molecule has 1 aromatic heterocycles. The normalized spacial score (nSPS) is 20.0. The van der Waals surface area contributed by atoms with Crippen LogP contribution < -0.4 is 10.4 Å². The molecule has 1 fully saturated rings. The Kier molecular flexibility index (Phi) is 2.13. The van der Waals surface area contributed by atoms with E-state index in [0.29, 0.717) is 12.5 Å². The number of nitrogens with zero attached hydrogens (tertiary/aromatic N) is 3. The standard InChI is InChI=1S/C8H10BF2N3/c9-6-3-12-7(13-4-6)14-2-1-8(10,11)5-14/h3-4H,1-2,5,9H2. The van der Waals surface area contributed by atoms with Gasteiger partial charge in [-0.15, -0.1) is 0 Å². The predicted molar refractivity (Wildman–Crippen MR) is 52.0 cm³/mol. The van der Waals surface area contributed by atoms with Crippen molar-refractivity contribution in [2.45, 2.75) is 12.3 Å². The third-order valence-electron chi connectivity index (χ3n) is 2.22. The fraction of sp³-hybridized carbons (Fsp3) is 0.500. The van der Waals surface area contributed by atoms with Gasteiger partial charge in [0, 0.05) is 25.4 Å². The van der Waals surface area contributed by atoms with Crippen LogP contribution in [0, 0.1) is 0 Å². The SMILES string of the molecule is Bc1cnc(N2CCC(F)(F)C2)nc1. The molecule has 6 heteroatoms. The highest BCUT2D eigenvalue weighted by Gasteiger charge is 2.39. The first-order valence-electron chi connectivity index (χ1n) is 4.48. The number of rotatable bonds is 1. The van der Waals surface area contributed by atoms with Crippen molar-refractivity contribution in [3.8, 4) is 0 Å². The largest absolute Gasteiger partial charge is 0.335 e. The molecular formula is C8H10BF2N3. The van der Waals surface area contributed by atoms with Crippen LogP contribution in [0.15, 0.2) is 12.4 Å². The number of hydrogen-bond acceptors (Lipinski definition) is 3. The van der Waals surface area contributed by atoms with Gasteiger partial charge in [-0.05, 0) is 0 Å². The van der Waals surface area contributed by atoms with E-state index in [1.165, 1.54) is 4.90 Å². The fourth-order valence-electron chi connectivity index (χ4n) is 1.46. The van der Waals surface area contributed by atoms with Crippen LogP contribution in [-0.4, -0.2) is 36.8 Å². The van der Waals surface area contributed by atoms with Gasteiger partial charge in [-0.1, -0.05) is 5.46 Å². The van der Waals surface area contributed by atoms with E-state index in [9.17, 15) is 8.78 Å². The zero-order valence-corrected chi connectivity index (χ0v) is 7.87. The van der Waals surface area contributed by atoms with Crippen molar-refractivity contribution < 1.29 is 8.78 Å². The van der Waals surface area contributed by atoms with Gasteiger partial charge in [0.25, 0.3) is 5.92 Å². The first kappa shape index (κ1) is 9.36. The summed E-state index contributed by atoms with van der Waals surface area (Å²) in [6.45, 7) is 0.0616. The van der Waals surface area contributed by atoms with Gasteiger partial charge in [-0.25, -0.2) is 18.7 Å². The van der Waals surface area contributed by atoms with Gasteiger partial charge in [0.1, 0.15) is 7.85 Å². The van der Waals surface area contributed by atoms with E-state index in [1.807, 2.05) is 7.85 Å². The highest BCUT2D eigenvalue weighted by molar-refractivity contribution is 6.31. The molecule has 0 aliphatic carbocycles. The summed E-state index contributed by atoms with van der Waals surface area (Å²) in [6, 6.07) is 0. The third-order valence-corrected chi connectivity index (χ3v) is 2.22. The minimum atomic E-state index is -2.59. The highest BCUT2D eigenvalue weighted by atomic mass is 19.3. The van der Waals surface area contributed by atoms with Crippen molar-refractivity contribution in [1.29, 1.82) is 0 Å². The van der Waals surface area contributed by atoms with Crippen molar-refractivity contribution in [2.24, 2.45) is 0 Å². The zero-order chi connectivity index (χ0) is 10.2. The van der Waals surface area contributed by atoms with Crippen LogP contribution in [0.25, 0.3) is 0 Å². The second kappa shape index (κ2) is 3.18. The van der Waals surface area contributed by atoms with Crippen LogP contribution in [0.3, 0.4) is 0 Å². The molecule has 0 atom stereocenters. The predicted octanol–water partition coefficient (Wildman–Crippen LogP) is -0.420. The second-order valence-corrected chi connectivity index (χ2v) is 3.59. The lowest BCUT2D eigenvalue weighted by molar-refractivity contribution is 0.0256. The van der Waals surface area contributed by atoms with Gasteiger partial charge in [0.2, 0.25) is 5.95 Å². The van der Waals surface area contributed by atoms with Crippen LogP contribution >= 0.6 is 0 Å². The Morgan fingerprint density at radius 1 is 1.36 bits per heavy atom. The minimum absolute atomic E-state index is 0.107. The zero-order valence-electron chi connectivity index (χ0n) is 7.87. The Morgan fingerprint density at radius 3 is 2.50 bits per heavy atom. The summed E-state index contributed by atoms with van der Waals surface area (Å²) >= 11 is 0. The van der Waals surface area contributed by atoms with Gasteiger partial charge >= 0.3 is 0 Å². The molecule has 14 heavy (non-hydrogen) atoms. The molecule has 0 N–H and O–H groups in total. The van der Waals surface area contributed by atoms with Crippen molar-refractivity contribution in [3.63, 3.8) is 0 Å². The van der Waals surface area contributed by atoms with Crippen molar-refractivity contribution in [1.82, 2.24) is 9.97 Å². The number of aromatic nitrogens is 2. The lowest BCUT2D eigenvalue weighted by Gasteiger charge is -2.15. The van der Waals surface area contributed by atoms with E-state index < -0.39 is 5.92 Å². The number of anilines is 1. The second-order valence-electron chi connectivity index (χ2n) is 3.59. The maximum Gasteiger partial charge on any atom is 0.267 e. The van der Waals surface area contributed by atoms with Gasteiger partial charge in [0.05, 0.1) is 6.54 Å². The van der Waals surface area contributed by atoms with Gasteiger partial charge in [-0.3, -0.25) is 0 Å². The topological polar surface area (TPSA) is 29.0 Å². The first-order valence-corrected chi connectivity index (χ1v) is 4.48. The molecule has 3 nitrogen and oxygen atoms in total. The van der Waals surface area contributed by atoms with Crippen molar-refractivity contribution in [3.05, 3.63) is 12.4 Å². The molecule has 1 aromatic rings. The highest BCUT2D eigenvalue weighted by Crippen LogP contribution is 2.28. The van der Waals surface area contributed by atoms with Gasteiger partial charge in [-0.2, -0.15) is 0 Å². The molecule has 0 unspecified atom stereocenters. The Labute approximate surface area is 81.6 Å². The summed E-state index contributed by atoms with van der Waals surface area (Å²) in [4.78, 5) is 9.53. The molecule has 0 bridgehead atoms. The fourth-order valence-corrected chi connectivity index (χ4v) is 1.46. The molecule has 1 aliphatic heterocycles. The molecule has 0 aromatic carbocycles. The summed E-state index contributed by atoms with van der Waals surface area (Å²) in [5.41, 5.74) is 0.930. The average molecular weight is 197 g/mol. The molecule has 1 aliphatic rings. The molecule has 2 heterocycles. The number of alkyl halides is 2. The van der Waals surface area contributed by atoms with E-state index in [2.05, 4.69) is 9.97 Å². The number of halogens is 2. The van der Waals surface area contributed by atoms with Crippen LogP contribution in [0.5, 0.6) is 0 Å². The van der Waals surface area contributed by atoms with E-state index in [0.717, 1.165) is 5.46 Å². The summed E-state index contributed by atoms with van der Waals surface area (Å²) in [5, 5.41) is 0. The van der Waals surface area contributed by atoms with Crippen LogP contribution in [-0.2, 0) is 0 Å². The van der Waals surface area contributed by atoms with E-state index in [-0.39, 0.29) is 13.0 Å². The minimum Gasteiger partial charge on any atom is -0.335 e. The van der Waals surface area contributed by atoms with E-state index >= 15 is 0 Å². The summed E-state index contributed by atoms with van der Waals surface area (Å²) < 4.78 is 25.7. The first-order chi connectivity index (χ1) is 6.57. The average Bonchev–Trinajstić information content (AvgIpc) is 2.47. The Bertz CT molecular complexity index is 328. The van der Waals surface area contributed by atoms with Crippen LogP contribution in [0.4, 0.5) is 14.7 Å². The summed E-state index contributed by atoms with van der Waals surface area (Å²) in [6.07, 6.45) is 3.17. The number of hydrogen-bond donors (Lipinski definition) is 0. The Hall–Kier alpha value is -1.20. The quantitative estimate of drug-likeness (QED) is 0.572. The summed E-state index contributed by atoms with van der Waals surface area (Å²) in [7, 11) is 1.86. The maximum atomic E-state index is 12.9. The molecule has 0 saturated carbocycles. The molecule has 2 rings (SSSR count). The smallest absolute Gasteiger partial charge is 0.267 e. The third kappa shape index (κ3) is 1.83. The molecule has 0 radical (unpaired) electrons. The van der Waals surface area contributed by atoms with Crippen molar-refractivity contribution in [2.75, 3.05) is 18.0 Å². The van der Waals surface area contributed by atoms with Crippen LogP contribution in [0.1, 0.15) is 6.42 Å². The van der Waals surface area contributed by atoms with E-state index in [4.69, 9.17) is 0 Å². The molecular weight excluding hydrogens is 187 g/mol. The Morgan fingerprint density at radius 2 is 2.00 bits per heavy atom. The lowest BCUT2D eigenvalue weighted by atomic mass is 10.0. The monoisotopic (exact) mass is 197 g/mol. The van der Waals surface area contributed by atoms with Gasteiger partial charge in [0.15, 0.2) is 0 Å². The maximum absolute atomic E-state index is 12.9. The lowest BCUT2D eigenvalue weighted by Crippen LogP contribution is -2.27.